The molecule has 1 aliphatic heterocycles. The summed E-state index contributed by atoms with van der Waals surface area (Å²) in [6.07, 6.45) is -0.699. The van der Waals surface area contributed by atoms with Crippen LogP contribution in [0.5, 0.6) is 0 Å². The van der Waals surface area contributed by atoms with Crippen molar-refractivity contribution in [1.82, 2.24) is 0 Å². The van der Waals surface area contributed by atoms with E-state index in [9.17, 15) is 5.11 Å². The first-order valence-corrected chi connectivity index (χ1v) is 5.52. The third kappa shape index (κ3) is 2.17. The Kier molecular flexibility index (Phi) is 2.90. The predicted octanol–water partition coefficient (Wildman–Crippen LogP) is 0.893. The molecule has 0 aromatic heterocycles. The predicted molar refractivity (Wildman–Crippen MR) is 68.3 cm³/mol. The highest BCUT2D eigenvalue weighted by atomic mass is 16.3. The number of amidine groups is 1. The lowest BCUT2D eigenvalue weighted by Crippen LogP contribution is -2.78. The van der Waals surface area contributed by atoms with Gasteiger partial charge >= 0.3 is 0 Å². The minimum Gasteiger partial charge on any atom is -0.699 e. The molecule has 1 aromatic carbocycles. The maximum Gasteiger partial charge on any atom is 0.156 e. The molecule has 1 unspecified atom stereocenters. The van der Waals surface area contributed by atoms with Gasteiger partial charge in [0.1, 0.15) is 11.9 Å². The highest BCUT2D eigenvalue weighted by Crippen LogP contribution is 2.20. The number of aliphatic hydroxyl groups excluding tert-OH is 1. The summed E-state index contributed by atoms with van der Waals surface area (Å²) in [4.78, 5) is 7.36. The number of hydrogen-bond acceptors (Lipinski definition) is 2. The van der Waals surface area contributed by atoms with Gasteiger partial charge in [-0.1, -0.05) is 24.6 Å². The fourth-order valence-corrected chi connectivity index (χ4v) is 1.87. The molecule has 1 aromatic rings. The topological polar surface area (TPSA) is 70.4 Å². The van der Waals surface area contributed by atoms with Gasteiger partial charge < -0.3 is 15.8 Å². The first kappa shape index (κ1) is 11.7. The Bertz CT molecular complexity index is 505. The number of nitrogens with one attached hydrogen (secondary N) is 2. The smallest absolute Gasteiger partial charge is 0.156 e. The van der Waals surface area contributed by atoms with Crippen LogP contribution in [-0.2, 0) is 0 Å². The summed E-state index contributed by atoms with van der Waals surface area (Å²) in [6, 6.07) is 6.21. The Labute approximate surface area is 101 Å². The lowest BCUT2D eigenvalue weighted by molar-refractivity contribution is -0.451. The minimum atomic E-state index is -0.699. The van der Waals surface area contributed by atoms with E-state index in [1.807, 2.05) is 32.9 Å². The average molecular weight is 230 g/mol. The van der Waals surface area contributed by atoms with E-state index in [-0.39, 0.29) is 0 Å². The van der Waals surface area contributed by atoms with Gasteiger partial charge in [-0.3, -0.25) is 0 Å². The third-order valence-electron chi connectivity index (χ3n) is 2.86. The lowest BCUT2D eigenvalue weighted by atomic mass is 9.97. The normalized spacial score (nSPS) is 20.0. The number of hydrogen-bond donors (Lipinski definition) is 2. The van der Waals surface area contributed by atoms with Crippen LogP contribution in [0.3, 0.4) is 0 Å². The van der Waals surface area contributed by atoms with E-state index in [1.165, 1.54) is 0 Å². The summed E-state index contributed by atoms with van der Waals surface area (Å²) in [6.45, 7) is 5.59. The van der Waals surface area contributed by atoms with Crippen LogP contribution in [0.1, 0.15) is 25.0 Å². The molecule has 0 fully saturated rings. The highest BCUT2D eigenvalue weighted by Gasteiger charge is 2.24. The summed E-state index contributed by atoms with van der Waals surface area (Å²) in [5.74, 6) is 0.774. The summed E-state index contributed by atoms with van der Waals surface area (Å²) < 4.78 is 0. The van der Waals surface area contributed by atoms with Crippen molar-refractivity contribution in [1.29, 1.82) is 0 Å². The first-order chi connectivity index (χ1) is 7.99. The van der Waals surface area contributed by atoms with Crippen LogP contribution in [0.15, 0.2) is 23.2 Å². The molecular formula is C13H16N3O-. The Morgan fingerprint density at radius 3 is 2.76 bits per heavy atom. The molecule has 0 radical (unpaired) electrons. The van der Waals surface area contributed by atoms with E-state index in [2.05, 4.69) is 9.98 Å². The summed E-state index contributed by atoms with van der Waals surface area (Å²) in [5.41, 5.74) is 10.5. The lowest BCUT2D eigenvalue weighted by Gasteiger charge is -2.25. The zero-order chi connectivity index (χ0) is 12.6. The molecular weight excluding hydrogens is 214 g/mol. The zero-order valence-electron chi connectivity index (χ0n) is 10.2. The Morgan fingerprint density at radius 2 is 2.12 bits per heavy atom. The van der Waals surface area contributed by atoms with Crippen molar-refractivity contribution >= 4 is 17.2 Å². The average Bonchev–Trinajstić information content (AvgIpc) is 2.27. The SMILES string of the molecule is CC1=[NH+][C-](C)C(O)C(c2ccc([NH-])c(C)c2)=N1. The number of nitrogens with zero attached hydrogens (tertiary/aromatic N) is 1. The fraction of sp³-hybridized carbons (Fsp3) is 0.308. The Hall–Kier alpha value is -1.81. The molecule has 0 aliphatic carbocycles. The van der Waals surface area contributed by atoms with Gasteiger partial charge in [-0.15, -0.1) is 10.7 Å². The van der Waals surface area contributed by atoms with Crippen molar-refractivity contribution in [2.45, 2.75) is 26.9 Å². The maximum atomic E-state index is 10.1. The standard InChI is InChI=1S/C13H16N3O/c1-7-6-10(4-5-11(7)14)12-13(17)8(2)15-9(3)16-12/h4-6,13-15,17H,1-3H3/q-1. The fourth-order valence-electron chi connectivity index (χ4n) is 1.87. The van der Waals surface area contributed by atoms with Crippen LogP contribution in [0.4, 0.5) is 5.69 Å². The minimum absolute atomic E-state index is 0.499. The van der Waals surface area contributed by atoms with E-state index < -0.39 is 6.10 Å². The van der Waals surface area contributed by atoms with Gasteiger partial charge in [0.05, 0.1) is 0 Å². The zero-order valence-corrected chi connectivity index (χ0v) is 10.2. The molecule has 1 heterocycles. The molecule has 17 heavy (non-hydrogen) atoms. The molecule has 0 spiro atoms. The van der Waals surface area contributed by atoms with Gasteiger partial charge in [-0.05, 0) is 26.0 Å². The molecule has 0 bridgehead atoms. The second kappa shape index (κ2) is 4.22. The maximum absolute atomic E-state index is 10.1. The number of rotatable bonds is 1. The molecule has 4 heteroatoms. The quantitative estimate of drug-likeness (QED) is 0.691. The number of aryl methyl sites for hydroxylation is 1. The van der Waals surface area contributed by atoms with Gasteiger partial charge in [-0.25, -0.2) is 0 Å². The Morgan fingerprint density at radius 1 is 1.41 bits per heavy atom. The van der Waals surface area contributed by atoms with Crippen LogP contribution in [-0.4, -0.2) is 22.8 Å². The molecule has 1 aliphatic rings. The highest BCUT2D eigenvalue weighted by molar-refractivity contribution is 6.10. The Balaban J connectivity index is 2.45. The van der Waals surface area contributed by atoms with Crippen LogP contribution in [0.25, 0.3) is 5.73 Å². The van der Waals surface area contributed by atoms with Crippen LogP contribution < -0.4 is 4.99 Å². The second-order valence-corrected chi connectivity index (χ2v) is 4.32. The summed E-state index contributed by atoms with van der Waals surface area (Å²) >= 11 is 0. The molecule has 4 nitrogen and oxygen atoms in total. The van der Waals surface area contributed by atoms with Crippen molar-refractivity contribution in [3.05, 3.63) is 41.1 Å². The molecule has 90 valence electrons. The van der Waals surface area contributed by atoms with Crippen molar-refractivity contribution in [3.63, 3.8) is 0 Å². The monoisotopic (exact) mass is 230 g/mol. The van der Waals surface area contributed by atoms with Crippen molar-refractivity contribution in [2.75, 3.05) is 0 Å². The van der Waals surface area contributed by atoms with E-state index >= 15 is 0 Å². The molecule has 0 amide bonds. The van der Waals surface area contributed by atoms with Crippen LogP contribution in [0.2, 0.25) is 0 Å². The van der Waals surface area contributed by atoms with Gasteiger partial charge in [0.2, 0.25) is 0 Å². The molecule has 3 N–H and O–H groups in total. The van der Waals surface area contributed by atoms with E-state index in [0.717, 1.165) is 23.0 Å². The van der Waals surface area contributed by atoms with Gasteiger partial charge in [0.15, 0.2) is 5.71 Å². The number of aliphatic imine (C=N–C) groups is 1. The van der Waals surface area contributed by atoms with Gasteiger partial charge in [0.25, 0.3) is 0 Å². The van der Waals surface area contributed by atoms with Crippen molar-refractivity contribution in [2.24, 2.45) is 4.99 Å². The van der Waals surface area contributed by atoms with Crippen LogP contribution >= 0.6 is 0 Å². The summed E-state index contributed by atoms with van der Waals surface area (Å²) in [5, 5.41) is 10.1. The largest absolute Gasteiger partial charge is 0.699 e. The third-order valence-corrected chi connectivity index (χ3v) is 2.86. The summed E-state index contributed by atoms with van der Waals surface area (Å²) in [7, 11) is 0. The van der Waals surface area contributed by atoms with E-state index in [4.69, 9.17) is 5.73 Å². The van der Waals surface area contributed by atoms with Crippen LogP contribution in [0, 0.1) is 13.0 Å². The van der Waals surface area contributed by atoms with E-state index in [1.54, 1.807) is 6.07 Å². The molecule has 2 rings (SSSR count). The van der Waals surface area contributed by atoms with Crippen molar-refractivity contribution in [3.8, 4) is 0 Å². The first-order valence-electron chi connectivity index (χ1n) is 5.52. The van der Waals surface area contributed by atoms with E-state index in [0.29, 0.717) is 11.4 Å². The number of benzene rings is 1. The number of aliphatic hydroxyl groups is 1. The molecule has 1 atom stereocenters. The van der Waals surface area contributed by atoms with Gasteiger partial charge in [-0.2, -0.15) is 0 Å². The van der Waals surface area contributed by atoms with Crippen molar-refractivity contribution < 1.29 is 10.1 Å². The second-order valence-electron chi connectivity index (χ2n) is 4.32. The molecule has 0 saturated carbocycles. The molecule has 0 saturated heterocycles. The van der Waals surface area contributed by atoms with Gasteiger partial charge in [0, 0.05) is 5.56 Å².